The second-order valence-corrected chi connectivity index (χ2v) is 6.43. The third-order valence-corrected chi connectivity index (χ3v) is 5.14. The Hall–Kier alpha value is -0.720. The molecule has 2 atom stereocenters. The van der Waals surface area contributed by atoms with Crippen molar-refractivity contribution in [3.05, 3.63) is 17.0 Å². The van der Waals surface area contributed by atoms with Crippen LogP contribution >= 0.6 is 11.3 Å². The SMILES string of the molecule is CC[C@H](C)[C@H](C=O)c1ccsc1S(N)(=O)=O. The van der Waals surface area contributed by atoms with Gasteiger partial charge in [0.05, 0.1) is 0 Å². The molecule has 0 bridgehead atoms. The fourth-order valence-electron chi connectivity index (χ4n) is 1.55. The predicted octanol–water partition coefficient (Wildman–Crippen LogP) is 1.72. The summed E-state index contributed by atoms with van der Waals surface area (Å²) < 4.78 is 22.7. The van der Waals surface area contributed by atoms with Gasteiger partial charge >= 0.3 is 0 Å². The Kier molecular flexibility index (Phi) is 4.23. The Morgan fingerprint density at radius 2 is 2.19 bits per heavy atom. The first-order valence-corrected chi connectivity index (χ1v) is 7.39. The van der Waals surface area contributed by atoms with E-state index in [1.165, 1.54) is 0 Å². The number of nitrogens with two attached hydrogens (primary N) is 1. The van der Waals surface area contributed by atoms with Gasteiger partial charge < -0.3 is 4.79 Å². The van der Waals surface area contributed by atoms with E-state index >= 15 is 0 Å². The van der Waals surface area contributed by atoms with Gasteiger partial charge in [0, 0.05) is 5.92 Å². The Morgan fingerprint density at radius 1 is 1.56 bits per heavy atom. The van der Waals surface area contributed by atoms with E-state index in [4.69, 9.17) is 5.14 Å². The van der Waals surface area contributed by atoms with E-state index in [0.717, 1.165) is 24.0 Å². The fourth-order valence-corrected chi connectivity index (χ4v) is 3.47. The van der Waals surface area contributed by atoms with Crippen molar-refractivity contribution in [2.24, 2.45) is 11.1 Å². The van der Waals surface area contributed by atoms with Gasteiger partial charge in [-0.2, -0.15) is 0 Å². The topological polar surface area (TPSA) is 77.2 Å². The molecule has 0 aliphatic rings. The molecule has 0 fully saturated rings. The van der Waals surface area contributed by atoms with E-state index in [1.54, 1.807) is 11.4 Å². The second kappa shape index (κ2) is 5.07. The first-order chi connectivity index (χ1) is 7.41. The van der Waals surface area contributed by atoms with Crippen molar-refractivity contribution >= 4 is 27.6 Å². The van der Waals surface area contributed by atoms with Crippen LogP contribution in [0.3, 0.4) is 0 Å². The summed E-state index contributed by atoms with van der Waals surface area (Å²) in [6, 6.07) is 1.66. The lowest BCUT2D eigenvalue weighted by Gasteiger charge is -2.17. The van der Waals surface area contributed by atoms with Crippen LogP contribution in [0, 0.1) is 5.92 Å². The highest BCUT2D eigenvalue weighted by atomic mass is 32.2. The lowest BCUT2D eigenvalue weighted by atomic mass is 9.88. The molecule has 0 radical (unpaired) electrons. The standard InChI is InChI=1S/C10H15NO3S2/c1-3-7(2)9(6-12)8-4-5-15-10(8)16(11,13)14/h4-7,9H,3H2,1-2H3,(H2,11,13,14)/t7-,9-/m0/s1. The molecule has 1 aromatic heterocycles. The van der Waals surface area contributed by atoms with Crippen molar-refractivity contribution in [3.63, 3.8) is 0 Å². The maximum atomic E-state index is 11.3. The first-order valence-electron chi connectivity index (χ1n) is 4.97. The summed E-state index contributed by atoms with van der Waals surface area (Å²) in [4.78, 5) is 11.1. The lowest BCUT2D eigenvalue weighted by molar-refractivity contribution is -0.110. The quantitative estimate of drug-likeness (QED) is 0.820. The van der Waals surface area contributed by atoms with Crippen LogP contribution in [0.4, 0.5) is 0 Å². The minimum atomic E-state index is -3.73. The average molecular weight is 261 g/mol. The average Bonchev–Trinajstić information content (AvgIpc) is 2.67. The number of aldehydes is 1. The normalized spacial score (nSPS) is 15.7. The summed E-state index contributed by atoms with van der Waals surface area (Å²) in [6.45, 7) is 3.88. The Bertz CT molecular complexity index is 464. The summed E-state index contributed by atoms with van der Waals surface area (Å²) in [5, 5.41) is 6.75. The molecule has 4 nitrogen and oxygen atoms in total. The van der Waals surface area contributed by atoms with Crippen LogP contribution in [-0.2, 0) is 14.8 Å². The van der Waals surface area contributed by atoms with E-state index in [-0.39, 0.29) is 10.1 Å². The zero-order valence-electron chi connectivity index (χ0n) is 9.21. The van der Waals surface area contributed by atoms with Gasteiger partial charge in [-0.25, -0.2) is 13.6 Å². The molecule has 1 aromatic rings. The Balaban J connectivity index is 3.22. The molecule has 0 saturated heterocycles. The van der Waals surface area contributed by atoms with Gasteiger partial charge in [0.25, 0.3) is 0 Å². The lowest BCUT2D eigenvalue weighted by Crippen LogP contribution is -2.17. The molecule has 1 heterocycles. The summed E-state index contributed by atoms with van der Waals surface area (Å²) in [5.41, 5.74) is 0.525. The maximum Gasteiger partial charge on any atom is 0.247 e. The maximum absolute atomic E-state index is 11.3. The Morgan fingerprint density at radius 3 is 2.62 bits per heavy atom. The van der Waals surface area contributed by atoms with Crippen LogP contribution < -0.4 is 5.14 Å². The number of rotatable bonds is 5. The molecule has 6 heteroatoms. The molecule has 0 unspecified atom stereocenters. The summed E-state index contributed by atoms with van der Waals surface area (Å²) in [7, 11) is -3.73. The predicted molar refractivity (Wildman–Crippen MR) is 64.0 cm³/mol. The molecule has 16 heavy (non-hydrogen) atoms. The third-order valence-electron chi connectivity index (χ3n) is 2.68. The molecule has 90 valence electrons. The number of sulfonamides is 1. The van der Waals surface area contributed by atoms with Crippen molar-refractivity contribution in [1.29, 1.82) is 0 Å². The van der Waals surface area contributed by atoms with Crippen molar-refractivity contribution < 1.29 is 13.2 Å². The summed E-state index contributed by atoms with van der Waals surface area (Å²) in [5.74, 6) is -0.294. The molecule has 0 aromatic carbocycles. The van der Waals surface area contributed by atoms with Gasteiger partial charge in [0.1, 0.15) is 10.5 Å². The van der Waals surface area contributed by atoms with Crippen LogP contribution in [0.25, 0.3) is 0 Å². The number of thiophene rings is 1. The first kappa shape index (κ1) is 13.3. The number of carbonyl (C=O) groups is 1. The third kappa shape index (κ3) is 2.69. The van der Waals surface area contributed by atoms with E-state index in [1.807, 2.05) is 13.8 Å². The van der Waals surface area contributed by atoms with Crippen LogP contribution in [0.1, 0.15) is 31.7 Å². The van der Waals surface area contributed by atoms with E-state index in [9.17, 15) is 13.2 Å². The number of carbonyl (C=O) groups excluding carboxylic acids is 1. The Labute approximate surface area is 99.5 Å². The van der Waals surface area contributed by atoms with Gasteiger partial charge in [-0.1, -0.05) is 20.3 Å². The van der Waals surface area contributed by atoms with Crippen LogP contribution in [0.15, 0.2) is 15.7 Å². The molecular weight excluding hydrogens is 246 g/mol. The van der Waals surface area contributed by atoms with Crippen LogP contribution in [-0.4, -0.2) is 14.7 Å². The summed E-state index contributed by atoms with van der Waals surface area (Å²) >= 11 is 1.06. The van der Waals surface area contributed by atoms with Crippen LogP contribution in [0.2, 0.25) is 0 Å². The van der Waals surface area contributed by atoms with Crippen molar-refractivity contribution in [1.82, 2.24) is 0 Å². The van der Waals surface area contributed by atoms with Crippen molar-refractivity contribution in [3.8, 4) is 0 Å². The minimum absolute atomic E-state index is 0.102. The number of primary sulfonamides is 1. The zero-order chi connectivity index (χ0) is 12.3. The van der Waals surface area contributed by atoms with Gasteiger partial charge in [-0.15, -0.1) is 11.3 Å². The summed E-state index contributed by atoms with van der Waals surface area (Å²) in [6.07, 6.45) is 1.61. The van der Waals surface area contributed by atoms with Gasteiger partial charge in [0.15, 0.2) is 0 Å². The second-order valence-electron chi connectivity index (χ2n) is 3.76. The van der Waals surface area contributed by atoms with E-state index in [0.29, 0.717) is 5.56 Å². The molecular formula is C10H15NO3S2. The highest BCUT2D eigenvalue weighted by Crippen LogP contribution is 2.32. The minimum Gasteiger partial charge on any atom is -0.303 e. The van der Waals surface area contributed by atoms with Crippen LogP contribution in [0.5, 0.6) is 0 Å². The van der Waals surface area contributed by atoms with Gasteiger partial charge in [-0.05, 0) is 22.9 Å². The molecule has 0 spiro atoms. The van der Waals surface area contributed by atoms with E-state index < -0.39 is 15.9 Å². The highest BCUT2D eigenvalue weighted by Gasteiger charge is 2.25. The molecule has 0 aliphatic heterocycles. The highest BCUT2D eigenvalue weighted by molar-refractivity contribution is 7.91. The zero-order valence-corrected chi connectivity index (χ0v) is 10.8. The van der Waals surface area contributed by atoms with Crippen molar-refractivity contribution in [2.45, 2.75) is 30.4 Å². The monoisotopic (exact) mass is 261 g/mol. The van der Waals surface area contributed by atoms with Crippen molar-refractivity contribution in [2.75, 3.05) is 0 Å². The van der Waals surface area contributed by atoms with E-state index in [2.05, 4.69) is 0 Å². The molecule has 0 saturated carbocycles. The largest absolute Gasteiger partial charge is 0.303 e. The van der Waals surface area contributed by atoms with Gasteiger partial charge in [0.2, 0.25) is 10.0 Å². The van der Waals surface area contributed by atoms with Gasteiger partial charge in [-0.3, -0.25) is 0 Å². The molecule has 1 rings (SSSR count). The smallest absolute Gasteiger partial charge is 0.247 e. The number of hydrogen-bond acceptors (Lipinski definition) is 4. The fraction of sp³-hybridized carbons (Fsp3) is 0.500. The molecule has 2 N–H and O–H groups in total. The molecule has 0 aliphatic carbocycles. The molecule has 0 amide bonds. The number of hydrogen-bond donors (Lipinski definition) is 1.